The summed E-state index contributed by atoms with van der Waals surface area (Å²) in [6.07, 6.45) is 0. The first-order valence-corrected chi connectivity index (χ1v) is 8.45. The van der Waals surface area contributed by atoms with Crippen molar-refractivity contribution in [3.63, 3.8) is 0 Å². The Morgan fingerprint density at radius 2 is 1.96 bits per heavy atom. The maximum Gasteiger partial charge on any atom is 0.241 e. The van der Waals surface area contributed by atoms with Gasteiger partial charge in [0.05, 0.1) is 6.54 Å². The third-order valence-electron chi connectivity index (χ3n) is 3.44. The molecule has 3 rings (SSSR count). The molecule has 1 heterocycles. The van der Waals surface area contributed by atoms with Gasteiger partial charge >= 0.3 is 0 Å². The molecule has 1 aromatic heterocycles. The molecule has 5 nitrogen and oxygen atoms in total. The highest BCUT2D eigenvalue weighted by molar-refractivity contribution is 9.10. The number of hydrogen-bond donors (Lipinski definition) is 0. The Hall–Kier alpha value is -2.18. The van der Waals surface area contributed by atoms with Gasteiger partial charge < -0.3 is 9.26 Å². The van der Waals surface area contributed by atoms with Crippen LogP contribution in [0.2, 0.25) is 0 Å². The van der Waals surface area contributed by atoms with Crippen LogP contribution in [0.1, 0.15) is 5.89 Å². The van der Waals surface area contributed by atoms with E-state index < -0.39 is 0 Å². The average Bonchev–Trinajstić information content (AvgIpc) is 3.04. The summed E-state index contributed by atoms with van der Waals surface area (Å²) in [5, 5.41) is 4.04. The van der Waals surface area contributed by atoms with Gasteiger partial charge in [0.2, 0.25) is 11.7 Å². The van der Waals surface area contributed by atoms with Crippen molar-refractivity contribution < 1.29 is 9.26 Å². The van der Waals surface area contributed by atoms with E-state index in [4.69, 9.17) is 9.26 Å². The summed E-state index contributed by atoms with van der Waals surface area (Å²) >= 11 is 3.45. The van der Waals surface area contributed by atoms with Gasteiger partial charge in [-0.1, -0.05) is 51.4 Å². The van der Waals surface area contributed by atoms with Crippen LogP contribution < -0.4 is 4.74 Å². The van der Waals surface area contributed by atoms with Crippen LogP contribution in [0.25, 0.3) is 11.4 Å². The molecule has 0 amide bonds. The molecule has 0 unspecified atom stereocenters. The van der Waals surface area contributed by atoms with Crippen molar-refractivity contribution >= 4 is 15.9 Å². The molecule has 24 heavy (non-hydrogen) atoms. The fraction of sp³-hybridized carbons (Fsp3) is 0.222. The molecule has 6 heteroatoms. The van der Waals surface area contributed by atoms with Gasteiger partial charge in [0.15, 0.2) is 0 Å². The molecule has 0 aliphatic rings. The molecule has 0 radical (unpaired) electrons. The van der Waals surface area contributed by atoms with Crippen LogP contribution in [-0.4, -0.2) is 35.2 Å². The topological polar surface area (TPSA) is 51.4 Å². The maximum absolute atomic E-state index is 5.69. The summed E-state index contributed by atoms with van der Waals surface area (Å²) < 4.78 is 12.0. The number of rotatable bonds is 7. The minimum absolute atomic E-state index is 0.582. The standard InChI is InChI=1S/C18H18BrN3O2/c1-22(10-11-23-16-8-3-2-4-9-16)13-17-20-18(21-24-17)14-6-5-7-15(19)12-14/h2-9,12H,10-11,13H2,1H3. The lowest BCUT2D eigenvalue weighted by Crippen LogP contribution is -2.24. The van der Waals surface area contributed by atoms with Gasteiger partial charge in [-0.05, 0) is 31.3 Å². The van der Waals surface area contributed by atoms with Crippen LogP contribution >= 0.6 is 15.9 Å². The molecule has 0 spiro atoms. The van der Waals surface area contributed by atoms with E-state index in [1.165, 1.54) is 0 Å². The Kier molecular flexibility index (Phi) is 5.61. The van der Waals surface area contributed by atoms with Gasteiger partial charge in [-0.25, -0.2) is 0 Å². The Balaban J connectivity index is 1.51. The Bertz CT molecular complexity index is 777. The predicted molar refractivity (Wildman–Crippen MR) is 95.7 cm³/mol. The van der Waals surface area contributed by atoms with E-state index in [9.17, 15) is 0 Å². The van der Waals surface area contributed by atoms with Gasteiger partial charge in [0.25, 0.3) is 0 Å². The Morgan fingerprint density at radius 1 is 1.12 bits per heavy atom. The minimum atomic E-state index is 0.582. The van der Waals surface area contributed by atoms with Crippen molar-refractivity contribution in [3.8, 4) is 17.1 Å². The lowest BCUT2D eigenvalue weighted by Gasteiger charge is -2.14. The van der Waals surface area contributed by atoms with Gasteiger partial charge in [0, 0.05) is 16.6 Å². The van der Waals surface area contributed by atoms with Crippen LogP contribution in [0.15, 0.2) is 63.6 Å². The zero-order valence-corrected chi connectivity index (χ0v) is 14.9. The number of para-hydroxylation sites is 1. The second-order valence-electron chi connectivity index (χ2n) is 5.42. The van der Waals surface area contributed by atoms with Crippen LogP contribution in [0.3, 0.4) is 0 Å². The summed E-state index contributed by atoms with van der Waals surface area (Å²) in [5.74, 6) is 2.06. The van der Waals surface area contributed by atoms with Crippen molar-refractivity contribution in [2.75, 3.05) is 20.2 Å². The van der Waals surface area contributed by atoms with Crippen LogP contribution in [0.5, 0.6) is 5.75 Å². The van der Waals surface area contributed by atoms with E-state index in [1.54, 1.807) is 0 Å². The monoisotopic (exact) mass is 387 g/mol. The van der Waals surface area contributed by atoms with Crippen molar-refractivity contribution in [3.05, 3.63) is 65.0 Å². The lowest BCUT2D eigenvalue weighted by atomic mass is 10.2. The number of likely N-dealkylation sites (N-methyl/N-ethyl adjacent to an activating group) is 1. The number of ether oxygens (including phenoxy) is 1. The van der Waals surface area contributed by atoms with Crippen LogP contribution in [0, 0.1) is 0 Å². The molecular formula is C18H18BrN3O2. The first-order chi connectivity index (χ1) is 11.7. The molecule has 124 valence electrons. The second kappa shape index (κ2) is 8.08. The summed E-state index contributed by atoms with van der Waals surface area (Å²) in [6.45, 7) is 1.95. The molecule has 0 fully saturated rings. The van der Waals surface area contributed by atoms with Gasteiger partial charge in [-0.15, -0.1) is 0 Å². The average molecular weight is 388 g/mol. The molecule has 0 bridgehead atoms. The Morgan fingerprint density at radius 3 is 2.75 bits per heavy atom. The third kappa shape index (κ3) is 4.66. The SMILES string of the molecule is CN(CCOc1ccccc1)Cc1nc(-c2cccc(Br)c2)no1. The first kappa shape index (κ1) is 16.7. The predicted octanol–water partition coefficient (Wildman–Crippen LogP) is 4.01. The van der Waals surface area contributed by atoms with Crippen LogP contribution in [0.4, 0.5) is 0 Å². The number of hydrogen-bond acceptors (Lipinski definition) is 5. The van der Waals surface area contributed by atoms with Crippen LogP contribution in [-0.2, 0) is 6.54 Å². The zero-order valence-electron chi connectivity index (χ0n) is 13.4. The summed E-state index contributed by atoms with van der Waals surface area (Å²) in [5.41, 5.74) is 0.925. The van der Waals surface area contributed by atoms with E-state index in [0.29, 0.717) is 24.9 Å². The molecule has 0 N–H and O–H groups in total. The highest BCUT2D eigenvalue weighted by Gasteiger charge is 2.11. The van der Waals surface area contributed by atoms with E-state index in [-0.39, 0.29) is 0 Å². The molecule has 2 aromatic carbocycles. The van der Waals surface area contributed by atoms with Crippen molar-refractivity contribution in [2.45, 2.75) is 6.54 Å². The largest absolute Gasteiger partial charge is 0.492 e. The molecule has 0 atom stereocenters. The van der Waals surface area contributed by atoms with Gasteiger partial charge in [-0.3, -0.25) is 4.90 Å². The van der Waals surface area contributed by atoms with Gasteiger partial charge in [-0.2, -0.15) is 4.98 Å². The zero-order chi connectivity index (χ0) is 16.8. The molecule has 0 aliphatic heterocycles. The number of nitrogens with zero attached hydrogens (tertiary/aromatic N) is 3. The highest BCUT2D eigenvalue weighted by atomic mass is 79.9. The van der Waals surface area contributed by atoms with Crippen molar-refractivity contribution in [2.24, 2.45) is 0 Å². The van der Waals surface area contributed by atoms with Crippen molar-refractivity contribution in [1.82, 2.24) is 15.0 Å². The molecule has 0 aliphatic carbocycles. The minimum Gasteiger partial charge on any atom is -0.492 e. The van der Waals surface area contributed by atoms with Gasteiger partial charge in [0.1, 0.15) is 12.4 Å². The normalized spacial score (nSPS) is 11.0. The second-order valence-corrected chi connectivity index (χ2v) is 6.34. The first-order valence-electron chi connectivity index (χ1n) is 7.65. The third-order valence-corrected chi connectivity index (χ3v) is 3.93. The summed E-state index contributed by atoms with van der Waals surface area (Å²) in [7, 11) is 2.00. The number of aromatic nitrogens is 2. The number of halogens is 1. The van der Waals surface area contributed by atoms with E-state index in [1.807, 2.05) is 61.6 Å². The fourth-order valence-electron chi connectivity index (χ4n) is 2.21. The quantitative estimate of drug-likeness (QED) is 0.612. The fourth-order valence-corrected chi connectivity index (χ4v) is 2.61. The Labute approximate surface area is 149 Å². The molecule has 3 aromatic rings. The molecule has 0 saturated heterocycles. The summed E-state index contributed by atoms with van der Waals surface area (Å²) in [4.78, 5) is 6.53. The van der Waals surface area contributed by atoms with Crippen molar-refractivity contribution in [1.29, 1.82) is 0 Å². The molecular weight excluding hydrogens is 370 g/mol. The number of benzene rings is 2. The highest BCUT2D eigenvalue weighted by Crippen LogP contribution is 2.20. The lowest BCUT2D eigenvalue weighted by molar-refractivity contribution is 0.213. The smallest absolute Gasteiger partial charge is 0.241 e. The molecule has 0 saturated carbocycles. The van der Waals surface area contributed by atoms with E-state index in [0.717, 1.165) is 22.3 Å². The summed E-state index contributed by atoms with van der Waals surface area (Å²) in [6, 6.07) is 17.6. The van der Waals surface area contributed by atoms with E-state index >= 15 is 0 Å². The maximum atomic E-state index is 5.69. The van der Waals surface area contributed by atoms with E-state index in [2.05, 4.69) is 31.0 Å².